The number of nitriles is 1. The van der Waals surface area contributed by atoms with E-state index in [1.165, 1.54) is 35.6 Å². The largest absolute Gasteiger partial charge is 0.323 e. The lowest BCUT2D eigenvalue weighted by Gasteiger charge is -2.42. The van der Waals surface area contributed by atoms with Crippen LogP contribution < -0.4 is 9.99 Å². The topological polar surface area (TPSA) is 150 Å². The molecule has 1 aliphatic heterocycles. The van der Waals surface area contributed by atoms with E-state index in [0.29, 0.717) is 21.5 Å². The van der Waals surface area contributed by atoms with Crippen molar-refractivity contribution in [3.8, 4) is 16.5 Å². The van der Waals surface area contributed by atoms with E-state index in [4.69, 9.17) is 5.26 Å². The Hall–Kier alpha value is -3.08. The molecule has 0 bridgehead atoms. The van der Waals surface area contributed by atoms with Crippen LogP contribution in [0.3, 0.4) is 0 Å². The van der Waals surface area contributed by atoms with Gasteiger partial charge in [0.1, 0.15) is 10.9 Å². The number of aromatic nitrogens is 2. The van der Waals surface area contributed by atoms with Crippen LogP contribution in [0.1, 0.15) is 4.88 Å². The first-order valence-corrected chi connectivity index (χ1v) is 13.3. The molecule has 3 heterocycles. The van der Waals surface area contributed by atoms with Crippen molar-refractivity contribution in [2.24, 2.45) is 0 Å². The highest BCUT2D eigenvalue weighted by Gasteiger charge is 2.36. The van der Waals surface area contributed by atoms with Crippen molar-refractivity contribution in [3.63, 3.8) is 0 Å². The maximum atomic E-state index is 13.5. The Labute approximate surface area is 188 Å². The molecule has 4 aromatic rings. The van der Waals surface area contributed by atoms with Crippen LogP contribution in [0.25, 0.3) is 21.5 Å². The van der Waals surface area contributed by atoms with E-state index in [1.807, 2.05) is 0 Å². The van der Waals surface area contributed by atoms with E-state index < -0.39 is 26.3 Å². The quantitative estimate of drug-likeness (QED) is 0.345. The van der Waals surface area contributed by atoms with Gasteiger partial charge in [-0.2, -0.15) is 15.9 Å². The molecule has 0 saturated heterocycles. The molecule has 0 atom stereocenters. The average molecular weight is 489 g/mol. The van der Waals surface area contributed by atoms with Gasteiger partial charge in [-0.05, 0) is 48.0 Å². The van der Waals surface area contributed by atoms with Gasteiger partial charge in [0.15, 0.2) is 0 Å². The molecular formula is C20H16N4O5S3. The number of aromatic amines is 2. The van der Waals surface area contributed by atoms with Gasteiger partial charge in [-0.25, -0.2) is 13.2 Å². The summed E-state index contributed by atoms with van der Waals surface area (Å²) in [6.45, 7) is -0.114. The lowest BCUT2D eigenvalue weighted by Crippen LogP contribution is -2.38. The standard InChI is InChI=1S/C20H16N4O5S3/c21-11-13-2-5-18(30-13)12-1-6-19-17(9-12)24(7-8-31(19,26)27)32(28,29)14-3-4-15-16(10-14)23-20(25)22-15/h1-6,9-10,26-27H,7-8H2,(H2,22,23,25). The second-order valence-electron chi connectivity index (χ2n) is 7.19. The summed E-state index contributed by atoms with van der Waals surface area (Å²) < 4.78 is 49.4. The van der Waals surface area contributed by atoms with Crippen molar-refractivity contribution in [2.75, 3.05) is 16.6 Å². The molecule has 2 aromatic heterocycles. The van der Waals surface area contributed by atoms with Crippen molar-refractivity contribution in [2.45, 2.75) is 9.79 Å². The van der Waals surface area contributed by atoms with Crippen LogP contribution in [0, 0.1) is 11.3 Å². The van der Waals surface area contributed by atoms with Gasteiger partial charge in [-0.1, -0.05) is 6.07 Å². The van der Waals surface area contributed by atoms with E-state index in [9.17, 15) is 22.3 Å². The third kappa shape index (κ3) is 3.31. The summed E-state index contributed by atoms with van der Waals surface area (Å²) in [4.78, 5) is 18.1. The Morgan fingerprint density at radius 3 is 2.59 bits per heavy atom. The Morgan fingerprint density at radius 2 is 1.84 bits per heavy atom. The number of thiophene rings is 1. The zero-order valence-corrected chi connectivity index (χ0v) is 18.7. The molecule has 12 heteroatoms. The second-order valence-corrected chi connectivity index (χ2v) is 12.3. The molecule has 0 saturated carbocycles. The molecule has 0 fully saturated rings. The minimum absolute atomic E-state index is 0.0297. The Balaban J connectivity index is 1.65. The number of nitrogens with zero attached hydrogens (tertiary/aromatic N) is 2. The average Bonchev–Trinajstić information content (AvgIpc) is 3.38. The third-order valence-electron chi connectivity index (χ3n) is 5.23. The van der Waals surface area contributed by atoms with Gasteiger partial charge in [0.25, 0.3) is 10.0 Å². The van der Waals surface area contributed by atoms with Crippen LogP contribution in [-0.4, -0.2) is 39.8 Å². The Morgan fingerprint density at radius 1 is 1.06 bits per heavy atom. The summed E-state index contributed by atoms with van der Waals surface area (Å²) in [7, 11) is -7.22. The molecule has 0 spiro atoms. The number of rotatable bonds is 3. The lowest BCUT2D eigenvalue weighted by molar-refractivity contribution is 0.484. The van der Waals surface area contributed by atoms with Crippen LogP contribution in [0.4, 0.5) is 5.69 Å². The summed E-state index contributed by atoms with van der Waals surface area (Å²) in [5.74, 6) is -0.126. The summed E-state index contributed by atoms with van der Waals surface area (Å²) in [5.41, 5.74) is 1.25. The van der Waals surface area contributed by atoms with Gasteiger partial charge in [0, 0.05) is 4.88 Å². The molecule has 9 nitrogen and oxygen atoms in total. The number of hydrogen-bond donors (Lipinski definition) is 4. The summed E-state index contributed by atoms with van der Waals surface area (Å²) >= 11 is 1.26. The van der Waals surface area contributed by atoms with E-state index in [-0.39, 0.29) is 27.8 Å². The fourth-order valence-electron chi connectivity index (χ4n) is 3.68. The Kier molecular flexibility index (Phi) is 4.70. The molecule has 32 heavy (non-hydrogen) atoms. The molecule has 0 unspecified atom stereocenters. The second kappa shape index (κ2) is 7.22. The number of hydrogen-bond acceptors (Lipinski definition) is 7. The van der Waals surface area contributed by atoms with Crippen LogP contribution in [0.2, 0.25) is 0 Å². The van der Waals surface area contributed by atoms with E-state index >= 15 is 0 Å². The zero-order valence-electron chi connectivity index (χ0n) is 16.3. The summed E-state index contributed by atoms with van der Waals surface area (Å²) in [6.07, 6.45) is 0. The van der Waals surface area contributed by atoms with Gasteiger partial charge in [0.05, 0.1) is 38.8 Å². The predicted octanol–water partition coefficient (Wildman–Crippen LogP) is 3.77. The summed E-state index contributed by atoms with van der Waals surface area (Å²) in [6, 6.07) is 14.6. The van der Waals surface area contributed by atoms with E-state index in [1.54, 1.807) is 24.3 Å². The number of H-pyrrole nitrogens is 2. The third-order valence-corrected chi connectivity index (χ3v) is 9.88. The SMILES string of the molecule is N#Cc1ccc(-c2ccc3c(c2)N(S(=O)(=O)c2ccc4[nH]c(=O)[nH]c4c2)CCS3(O)O)s1. The van der Waals surface area contributed by atoms with Crippen LogP contribution >= 0.6 is 21.9 Å². The first-order valence-electron chi connectivity index (χ1n) is 9.34. The molecule has 5 rings (SSSR count). The molecule has 0 aliphatic carbocycles. The van der Waals surface area contributed by atoms with Crippen LogP contribution in [-0.2, 0) is 10.0 Å². The smallest absolute Gasteiger partial charge is 0.306 e. The van der Waals surface area contributed by atoms with Crippen LogP contribution in [0.5, 0.6) is 0 Å². The lowest BCUT2D eigenvalue weighted by atomic mass is 10.1. The fraction of sp³-hybridized carbons (Fsp3) is 0.100. The molecule has 2 aromatic carbocycles. The first kappa shape index (κ1) is 20.8. The number of sulfonamides is 1. The minimum atomic E-state index is -4.07. The van der Waals surface area contributed by atoms with Crippen molar-refractivity contribution < 1.29 is 17.5 Å². The van der Waals surface area contributed by atoms with Crippen molar-refractivity contribution >= 4 is 48.7 Å². The monoisotopic (exact) mass is 488 g/mol. The van der Waals surface area contributed by atoms with E-state index in [0.717, 1.165) is 9.18 Å². The van der Waals surface area contributed by atoms with Gasteiger partial charge in [-0.15, -0.1) is 11.3 Å². The molecule has 164 valence electrons. The normalized spacial score (nSPS) is 16.5. The van der Waals surface area contributed by atoms with E-state index in [2.05, 4.69) is 16.0 Å². The van der Waals surface area contributed by atoms with Crippen LogP contribution in [0.15, 0.2) is 63.1 Å². The maximum Gasteiger partial charge on any atom is 0.323 e. The highest BCUT2D eigenvalue weighted by Crippen LogP contribution is 2.56. The molecule has 4 N–H and O–H groups in total. The highest BCUT2D eigenvalue weighted by atomic mass is 32.3. The highest BCUT2D eigenvalue weighted by molar-refractivity contribution is 8.24. The molecule has 0 radical (unpaired) electrons. The fourth-order valence-corrected chi connectivity index (χ4v) is 7.61. The van der Waals surface area contributed by atoms with Gasteiger partial charge >= 0.3 is 5.69 Å². The summed E-state index contributed by atoms with van der Waals surface area (Å²) in [5, 5.41) is 9.10. The maximum absolute atomic E-state index is 13.5. The number of nitrogens with one attached hydrogen (secondary N) is 2. The number of fused-ring (bicyclic) bond motifs is 2. The number of anilines is 1. The van der Waals surface area contributed by atoms with Gasteiger partial charge in [-0.3, -0.25) is 13.4 Å². The Bertz CT molecular complexity index is 1580. The number of imidazole rings is 1. The van der Waals surface area contributed by atoms with Crippen molar-refractivity contribution in [1.82, 2.24) is 9.97 Å². The van der Waals surface area contributed by atoms with Crippen molar-refractivity contribution in [1.29, 1.82) is 5.26 Å². The molecule has 1 aliphatic rings. The number of benzene rings is 2. The van der Waals surface area contributed by atoms with Gasteiger partial charge < -0.3 is 9.97 Å². The predicted molar refractivity (Wildman–Crippen MR) is 124 cm³/mol. The van der Waals surface area contributed by atoms with Gasteiger partial charge in [0.2, 0.25) is 0 Å². The van der Waals surface area contributed by atoms with Crippen molar-refractivity contribution in [3.05, 3.63) is 63.9 Å². The first-order chi connectivity index (χ1) is 15.2. The molecule has 0 amide bonds. The molecular weight excluding hydrogens is 472 g/mol. The minimum Gasteiger partial charge on any atom is -0.306 e. The zero-order chi connectivity index (χ0) is 22.7.